The normalized spacial score (nSPS) is 12.9. The molecular formula is C24H28BrF3N4O4S. The van der Waals surface area contributed by atoms with Gasteiger partial charge in [0.2, 0.25) is 0 Å². The largest absolute Gasteiger partial charge is 0.444 e. The summed E-state index contributed by atoms with van der Waals surface area (Å²) in [5.74, 6) is 0. The molecule has 1 aromatic heterocycles. The lowest BCUT2D eigenvalue weighted by atomic mass is 10.0. The number of nitrogens with zero attached hydrogens (tertiary/aromatic N) is 3. The van der Waals surface area contributed by atoms with Crippen LogP contribution in [-0.2, 0) is 22.1 Å². The zero-order chi connectivity index (χ0) is 28.2. The molecule has 0 aliphatic carbocycles. The van der Waals surface area contributed by atoms with E-state index < -0.39 is 41.2 Å². The minimum absolute atomic E-state index is 0.0629. The first-order chi connectivity index (χ1) is 16.9. The van der Waals surface area contributed by atoms with E-state index >= 15 is 0 Å². The van der Waals surface area contributed by atoms with Gasteiger partial charge in [-0.3, -0.25) is 4.90 Å². The molecule has 0 saturated carbocycles. The van der Waals surface area contributed by atoms with Crippen LogP contribution in [0.4, 0.5) is 27.9 Å². The van der Waals surface area contributed by atoms with E-state index in [1.54, 1.807) is 41.5 Å². The van der Waals surface area contributed by atoms with Gasteiger partial charge in [0.05, 0.1) is 18.2 Å². The molecule has 0 saturated heterocycles. The van der Waals surface area contributed by atoms with Crippen LogP contribution in [0, 0.1) is 11.3 Å². The van der Waals surface area contributed by atoms with Gasteiger partial charge in [-0.2, -0.15) is 18.4 Å². The number of anilines is 1. The molecule has 0 bridgehead atoms. The van der Waals surface area contributed by atoms with Crippen molar-refractivity contribution in [2.45, 2.75) is 71.4 Å². The van der Waals surface area contributed by atoms with Gasteiger partial charge in [0, 0.05) is 0 Å². The van der Waals surface area contributed by atoms with Gasteiger partial charge < -0.3 is 14.8 Å². The third kappa shape index (κ3) is 9.85. The number of carbonyl (C=O) groups is 2. The van der Waals surface area contributed by atoms with E-state index in [0.29, 0.717) is 9.35 Å². The van der Waals surface area contributed by atoms with Gasteiger partial charge in [0.25, 0.3) is 0 Å². The molecule has 37 heavy (non-hydrogen) atoms. The summed E-state index contributed by atoms with van der Waals surface area (Å²) < 4.78 is 50.2. The molecule has 2 rings (SSSR count). The molecule has 0 aliphatic rings. The molecule has 0 radical (unpaired) electrons. The van der Waals surface area contributed by atoms with Crippen LogP contribution >= 0.6 is 27.3 Å². The van der Waals surface area contributed by atoms with Crippen LogP contribution in [0.15, 0.2) is 28.1 Å². The van der Waals surface area contributed by atoms with Gasteiger partial charge in [0.15, 0.2) is 10.8 Å². The summed E-state index contributed by atoms with van der Waals surface area (Å²) in [5, 5.41) is 12.1. The van der Waals surface area contributed by atoms with Crippen molar-refractivity contribution in [2.75, 3.05) is 11.4 Å². The smallest absolute Gasteiger partial charge is 0.416 e. The highest BCUT2D eigenvalue weighted by Crippen LogP contribution is 2.32. The molecule has 0 unspecified atom stereocenters. The van der Waals surface area contributed by atoms with Gasteiger partial charge in [-0.05, 0) is 81.6 Å². The van der Waals surface area contributed by atoms with Gasteiger partial charge in [-0.1, -0.05) is 23.5 Å². The SMILES string of the molecule is CC(C)(C)OC(=O)N[C@@H](Cc1ccc(C(F)(F)F)cc1)CN(C(=O)OC(C)(C)C)c1nc(C#N)c(Br)s1. The first kappa shape index (κ1) is 30.4. The number of alkyl halides is 3. The maximum atomic E-state index is 13.1. The Kier molecular flexibility index (Phi) is 9.59. The quantitative estimate of drug-likeness (QED) is 0.394. The van der Waals surface area contributed by atoms with E-state index in [0.717, 1.165) is 23.5 Å². The highest BCUT2D eigenvalue weighted by atomic mass is 79.9. The Morgan fingerprint density at radius 2 is 1.68 bits per heavy atom. The molecule has 0 aliphatic heterocycles. The number of nitrogens with one attached hydrogen (secondary N) is 1. The molecule has 8 nitrogen and oxygen atoms in total. The maximum Gasteiger partial charge on any atom is 0.416 e. The van der Waals surface area contributed by atoms with Crippen LogP contribution < -0.4 is 10.2 Å². The summed E-state index contributed by atoms with van der Waals surface area (Å²) in [6.07, 6.45) is -5.97. The molecule has 1 atom stereocenters. The Hall–Kier alpha value is -2.85. The second-order valence-electron chi connectivity index (χ2n) is 10.1. The first-order valence-electron chi connectivity index (χ1n) is 11.1. The minimum atomic E-state index is -4.49. The molecule has 1 heterocycles. The Labute approximate surface area is 225 Å². The van der Waals surface area contributed by atoms with Crippen molar-refractivity contribution >= 4 is 44.6 Å². The second kappa shape index (κ2) is 11.7. The lowest BCUT2D eigenvalue weighted by Gasteiger charge is -2.30. The predicted molar refractivity (Wildman–Crippen MR) is 136 cm³/mol. The number of aromatic nitrogens is 1. The van der Waals surface area contributed by atoms with Crippen molar-refractivity contribution in [2.24, 2.45) is 0 Å². The molecule has 2 aromatic rings. The summed E-state index contributed by atoms with van der Waals surface area (Å²) >= 11 is 4.27. The number of carbonyl (C=O) groups excluding carboxylic acids is 2. The summed E-state index contributed by atoms with van der Waals surface area (Å²) in [6.45, 7) is 9.92. The van der Waals surface area contributed by atoms with E-state index in [1.165, 1.54) is 17.0 Å². The van der Waals surface area contributed by atoms with Crippen LogP contribution in [0.3, 0.4) is 0 Å². The van der Waals surface area contributed by atoms with Crippen molar-refractivity contribution < 1.29 is 32.2 Å². The van der Waals surface area contributed by atoms with E-state index in [1.807, 2.05) is 6.07 Å². The first-order valence-corrected chi connectivity index (χ1v) is 12.7. The zero-order valence-corrected chi connectivity index (χ0v) is 23.6. The molecule has 202 valence electrons. The monoisotopic (exact) mass is 604 g/mol. The molecule has 2 amide bonds. The van der Waals surface area contributed by atoms with Gasteiger partial charge in [-0.15, -0.1) is 0 Å². The fourth-order valence-electron chi connectivity index (χ4n) is 2.99. The van der Waals surface area contributed by atoms with Gasteiger partial charge in [-0.25, -0.2) is 14.6 Å². The summed E-state index contributed by atoms with van der Waals surface area (Å²) in [5.41, 5.74) is -1.93. The van der Waals surface area contributed by atoms with Gasteiger partial charge in [0.1, 0.15) is 21.1 Å². The van der Waals surface area contributed by atoms with Crippen molar-refractivity contribution in [3.8, 4) is 6.07 Å². The molecule has 13 heteroatoms. The van der Waals surface area contributed by atoms with Crippen LogP contribution in [0.25, 0.3) is 0 Å². The summed E-state index contributed by atoms with van der Waals surface area (Å²) in [4.78, 5) is 31.1. The Morgan fingerprint density at radius 1 is 1.11 bits per heavy atom. The summed E-state index contributed by atoms with van der Waals surface area (Å²) in [7, 11) is 0. The van der Waals surface area contributed by atoms with Crippen LogP contribution in [0.2, 0.25) is 0 Å². The number of amides is 2. The second-order valence-corrected chi connectivity index (χ2v) is 12.4. The predicted octanol–water partition coefficient (Wildman–Crippen LogP) is 6.67. The lowest BCUT2D eigenvalue weighted by molar-refractivity contribution is -0.137. The fourth-order valence-corrected chi connectivity index (χ4v) is 4.35. The highest BCUT2D eigenvalue weighted by molar-refractivity contribution is 9.11. The number of thiazole rings is 1. The fraction of sp³-hybridized carbons (Fsp3) is 0.500. The number of hydrogen-bond acceptors (Lipinski definition) is 7. The Bertz CT molecular complexity index is 1150. The standard InChI is InChI=1S/C24H28BrF3N4O4S/c1-22(2,3)35-20(33)30-16(11-14-7-9-15(10-8-14)24(26,27)28)13-32(21(34)36-23(4,5)6)19-31-17(12-29)18(25)37-19/h7-10,16H,11,13H2,1-6H3,(H,30,33)/t16-/m0/s1. The molecule has 0 fully saturated rings. The number of nitriles is 1. The highest BCUT2D eigenvalue weighted by Gasteiger charge is 2.32. The third-order valence-corrected chi connectivity index (χ3v) is 6.14. The molecule has 1 N–H and O–H groups in total. The van der Waals surface area contributed by atoms with Crippen molar-refractivity contribution in [1.82, 2.24) is 10.3 Å². The average Bonchev–Trinajstić information content (AvgIpc) is 3.09. The number of alkyl carbamates (subject to hydrolysis) is 1. The van der Waals surface area contributed by atoms with Crippen molar-refractivity contribution in [1.29, 1.82) is 5.26 Å². The average molecular weight is 605 g/mol. The number of hydrogen-bond donors (Lipinski definition) is 1. The Balaban J connectivity index is 2.42. The number of rotatable bonds is 6. The van der Waals surface area contributed by atoms with Gasteiger partial charge >= 0.3 is 18.4 Å². The number of ether oxygens (including phenoxy) is 2. The van der Waals surface area contributed by atoms with E-state index in [-0.39, 0.29) is 23.8 Å². The molecular weight excluding hydrogens is 577 g/mol. The number of halogens is 4. The van der Waals surface area contributed by atoms with Crippen molar-refractivity contribution in [3.63, 3.8) is 0 Å². The van der Waals surface area contributed by atoms with E-state index in [9.17, 15) is 28.0 Å². The van der Waals surface area contributed by atoms with E-state index in [2.05, 4.69) is 26.2 Å². The van der Waals surface area contributed by atoms with E-state index in [4.69, 9.17) is 9.47 Å². The lowest BCUT2D eigenvalue weighted by Crippen LogP contribution is -2.49. The van der Waals surface area contributed by atoms with Crippen LogP contribution in [0.1, 0.15) is 58.4 Å². The third-order valence-electron chi connectivity index (χ3n) is 4.41. The van der Waals surface area contributed by atoms with Crippen LogP contribution in [0.5, 0.6) is 0 Å². The maximum absolute atomic E-state index is 13.1. The number of benzene rings is 1. The molecule has 1 aromatic carbocycles. The summed E-state index contributed by atoms with van der Waals surface area (Å²) in [6, 6.07) is 5.61. The topological polar surface area (TPSA) is 105 Å². The molecule has 0 spiro atoms. The minimum Gasteiger partial charge on any atom is -0.444 e. The van der Waals surface area contributed by atoms with Crippen molar-refractivity contribution in [3.05, 3.63) is 44.9 Å². The van der Waals surface area contributed by atoms with Crippen LogP contribution in [-0.4, -0.2) is 41.0 Å². The zero-order valence-electron chi connectivity index (χ0n) is 21.2. The Morgan fingerprint density at radius 3 is 2.14 bits per heavy atom.